The predicted molar refractivity (Wildman–Crippen MR) is 63.7 cm³/mol. The number of ether oxygens (including phenoxy) is 1. The van der Waals surface area contributed by atoms with E-state index in [0.29, 0.717) is 0 Å². The monoisotopic (exact) mass is 297 g/mol. The molecule has 0 radical (unpaired) electrons. The zero-order valence-corrected chi connectivity index (χ0v) is 11.2. The molecule has 20 heavy (non-hydrogen) atoms. The minimum atomic E-state index is -4.37. The lowest BCUT2D eigenvalue weighted by molar-refractivity contribution is -0.170. The van der Waals surface area contributed by atoms with Crippen LogP contribution in [0.3, 0.4) is 0 Å². The number of hydrogen-bond acceptors (Lipinski definition) is 4. The summed E-state index contributed by atoms with van der Waals surface area (Å²) in [6.45, 7) is -0.971. The van der Waals surface area contributed by atoms with Crippen LogP contribution in [0.1, 0.15) is 6.42 Å². The van der Waals surface area contributed by atoms with E-state index in [1.807, 2.05) is 0 Å². The molecule has 1 aliphatic rings. The quantitative estimate of drug-likeness (QED) is 0.748. The van der Waals surface area contributed by atoms with E-state index in [-0.39, 0.29) is 32.7 Å². The molecule has 1 heterocycles. The third kappa shape index (κ3) is 5.33. The number of carbonyl (C=O) groups is 2. The van der Waals surface area contributed by atoms with Crippen molar-refractivity contribution in [3.8, 4) is 0 Å². The second-order valence-electron chi connectivity index (χ2n) is 4.65. The van der Waals surface area contributed by atoms with E-state index >= 15 is 0 Å². The van der Waals surface area contributed by atoms with Gasteiger partial charge in [0.05, 0.1) is 19.8 Å². The van der Waals surface area contributed by atoms with Gasteiger partial charge in [-0.05, 0) is 0 Å². The van der Waals surface area contributed by atoms with Gasteiger partial charge in [-0.25, -0.2) is 0 Å². The number of morpholine rings is 1. The zero-order chi connectivity index (χ0) is 15.3. The molecule has 1 unspecified atom stereocenters. The maximum absolute atomic E-state index is 12.5. The summed E-state index contributed by atoms with van der Waals surface area (Å²) in [4.78, 5) is 25.0. The Bertz CT molecular complexity index is 363. The van der Waals surface area contributed by atoms with Crippen molar-refractivity contribution in [2.75, 3.05) is 39.9 Å². The van der Waals surface area contributed by atoms with E-state index in [1.54, 1.807) is 0 Å². The van der Waals surface area contributed by atoms with Gasteiger partial charge in [-0.3, -0.25) is 14.5 Å². The summed E-state index contributed by atoms with van der Waals surface area (Å²) >= 11 is 0. The average Bonchev–Trinajstić information content (AvgIpc) is 2.33. The highest BCUT2D eigenvalue weighted by molar-refractivity contribution is 5.82. The molecule has 2 amide bonds. The lowest BCUT2D eigenvalue weighted by Crippen LogP contribution is -2.56. The number of nitrogens with zero attached hydrogens (tertiary/aromatic N) is 2. The van der Waals surface area contributed by atoms with Crippen LogP contribution in [0.25, 0.3) is 0 Å². The summed E-state index contributed by atoms with van der Waals surface area (Å²) in [5.74, 6) is -1.08. The molecule has 1 atom stereocenters. The SMILES string of the molecule is CN(CCC(N)=O)C(=O)C1COCCN1CC(F)(F)F. The number of amides is 2. The molecule has 6 nitrogen and oxygen atoms in total. The highest BCUT2D eigenvalue weighted by atomic mass is 19.4. The first-order valence-corrected chi connectivity index (χ1v) is 6.12. The second kappa shape index (κ2) is 6.89. The third-order valence-corrected chi connectivity index (χ3v) is 2.98. The van der Waals surface area contributed by atoms with Crippen LogP contribution in [-0.2, 0) is 14.3 Å². The van der Waals surface area contributed by atoms with Gasteiger partial charge in [-0.15, -0.1) is 0 Å². The molecule has 9 heteroatoms. The smallest absolute Gasteiger partial charge is 0.378 e. The molecule has 0 bridgehead atoms. The molecule has 0 aromatic rings. The Morgan fingerprint density at radius 1 is 1.45 bits per heavy atom. The van der Waals surface area contributed by atoms with E-state index in [0.717, 1.165) is 4.90 Å². The van der Waals surface area contributed by atoms with Crippen LogP contribution >= 0.6 is 0 Å². The molecule has 0 aromatic carbocycles. The standard InChI is InChI=1S/C11H18F3N3O3/c1-16(3-2-9(15)18)10(19)8-6-20-5-4-17(8)7-11(12,13)14/h8H,2-7H2,1H3,(H2,15,18). The lowest BCUT2D eigenvalue weighted by Gasteiger charge is -2.36. The molecule has 1 rings (SSSR count). The van der Waals surface area contributed by atoms with Gasteiger partial charge in [-0.2, -0.15) is 13.2 Å². The van der Waals surface area contributed by atoms with Crippen molar-refractivity contribution in [3.63, 3.8) is 0 Å². The molecule has 1 fully saturated rings. The number of nitrogens with two attached hydrogens (primary N) is 1. The Morgan fingerprint density at radius 2 is 2.10 bits per heavy atom. The van der Waals surface area contributed by atoms with Crippen LogP contribution in [0.4, 0.5) is 13.2 Å². The highest BCUT2D eigenvalue weighted by Crippen LogP contribution is 2.20. The second-order valence-corrected chi connectivity index (χ2v) is 4.65. The molecule has 0 aliphatic carbocycles. The Kier molecular flexibility index (Phi) is 5.75. The average molecular weight is 297 g/mol. The highest BCUT2D eigenvalue weighted by Gasteiger charge is 2.38. The lowest BCUT2D eigenvalue weighted by atomic mass is 10.2. The summed E-state index contributed by atoms with van der Waals surface area (Å²) in [5, 5.41) is 0. The number of primary amides is 1. The molecular formula is C11H18F3N3O3. The Hall–Kier alpha value is -1.35. The van der Waals surface area contributed by atoms with Crippen LogP contribution in [-0.4, -0.2) is 73.7 Å². The molecule has 1 saturated heterocycles. The number of rotatable bonds is 5. The van der Waals surface area contributed by atoms with E-state index in [2.05, 4.69) is 0 Å². The first-order valence-electron chi connectivity index (χ1n) is 6.12. The molecule has 0 spiro atoms. The summed E-state index contributed by atoms with van der Waals surface area (Å²) in [6.07, 6.45) is -4.41. The van der Waals surface area contributed by atoms with Crippen LogP contribution in [0.15, 0.2) is 0 Å². The minimum Gasteiger partial charge on any atom is -0.378 e. The molecule has 1 aliphatic heterocycles. The Labute approximate surface area is 114 Å². The van der Waals surface area contributed by atoms with Gasteiger partial charge in [0.2, 0.25) is 11.8 Å². The molecule has 116 valence electrons. The van der Waals surface area contributed by atoms with Crippen molar-refractivity contribution in [2.24, 2.45) is 5.73 Å². The van der Waals surface area contributed by atoms with E-state index in [1.165, 1.54) is 11.9 Å². The molecule has 2 N–H and O–H groups in total. The van der Waals surface area contributed by atoms with E-state index in [9.17, 15) is 22.8 Å². The Balaban J connectivity index is 2.64. The fraction of sp³-hybridized carbons (Fsp3) is 0.818. The zero-order valence-electron chi connectivity index (χ0n) is 11.2. The maximum atomic E-state index is 12.5. The summed E-state index contributed by atoms with van der Waals surface area (Å²) < 4.78 is 42.5. The van der Waals surface area contributed by atoms with E-state index < -0.39 is 30.6 Å². The number of halogens is 3. The van der Waals surface area contributed by atoms with Gasteiger partial charge < -0.3 is 15.4 Å². The van der Waals surface area contributed by atoms with Gasteiger partial charge in [0.1, 0.15) is 6.04 Å². The first-order chi connectivity index (χ1) is 9.20. The van der Waals surface area contributed by atoms with Crippen LogP contribution < -0.4 is 5.73 Å². The normalized spacial score (nSPS) is 20.7. The van der Waals surface area contributed by atoms with Crippen molar-refractivity contribution in [1.29, 1.82) is 0 Å². The maximum Gasteiger partial charge on any atom is 0.401 e. The fourth-order valence-electron chi connectivity index (χ4n) is 1.93. The fourth-order valence-corrected chi connectivity index (χ4v) is 1.93. The van der Waals surface area contributed by atoms with Crippen molar-refractivity contribution in [1.82, 2.24) is 9.80 Å². The molecule has 0 aromatic heterocycles. The number of alkyl halides is 3. The first kappa shape index (κ1) is 16.7. The molecule has 0 saturated carbocycles. The van der Waals surface area contributed by atoms with Gasteiger partial charge in [0.25, 0.3) is 0 Å². The van der Waals surface area contributed by atoms with Crippen LogP contribution in [0, 0.1) is 0 Å². The van der Waals surface area contributed by atoms with Gasteiger partial charge in [0, 0.05) is 26.6 Å². The van der Waals surface area contributed by atoms with Crippen molar-refractivity contribution >= 4 is 11.8 Å². The topological polar surface area (TPSA) is 75.9 Å². The summed E-state index contributed by atoms with van der Waals surface area (Å²) in [6, 6.07) is -0.983. The van der Waals surface area contributed by atoms with Gasteiger partial charge in [0.15, 0.2) is 0 Å². The number of likely N-dealkylation sites (N-methyl/N-ethyl adjacent to an activating group) is 1. The Morgan fingerprint density at radius 3 is 2.65 bits per heavy atom. The minimum absolute atomic E-state index is 0.0327. The van der Waals surface area contributed by atoms with Crippen LogP contribution in [0.5, 0.6) is 0 Å². The third-order valence-electron chi connectivity index (χ3n) is 2.98. The van der Waals surface area contributed by atoms with E-state index in [4.69, 9.17) is 10.5 Å². The largest absolute Gasteiger partial charge is 0.401 e. The van der Waals surface area contributed by atoms with Crippen molar-refractivity contribution in [3.05, 3.63) is 0 Å². The van der Waals surface area contributed by atoms with Crippen LogP contribution in [0.2, 0.25) is 0 Å². The molecular weight excluding hydrogens is 279 g/mol. The van der Waals surface area contributed by atoms with Crippen molar-refractivity contribution < 1.29 is 27.5 Å². The number of carbonyl (C=O) groups excluding carboxylic acids is 2. The number of hydrogen-bond donors (Lipinski definition) is 1. The summed E-state index contributed by atoms with van der Waals surface area (Å²) in [5.41, 5.74) is 4.97. The van der Waals surface area contributed by atoms with Gasteiger partial charge >= 0.3 is 6.18 Å². The van der Waals surface area contributed by atoms with Crippen molar-refractivity contribution in [2.45, 2.75) is 18.6 Å². The predicted octanol–water partition coefficient (Wildman–Crippen LogP) is -0.417. The van der Waals surface area contributed by atoms with Gasteiger partial charge in [-0.1, -0.05) is 0 Å². The summed E-state index contributed by atoms with van der Waals surface area (Å²) in [7, 11) is 1.42.